The zero-order valence-corrected chi connectivity index (χ0v) is 8.04. The van der Waals surface area contributed by atoms with Crippen molar-refractivity contribution in [3.8, 4) is 5.75 Å². The molecule has 1 N–H and O–H groups in total. The Hall–Kier alpha value is -0.730. The fourth-order valence-corrected chi connectivity index (χ4v) is 2.48. The number of thiophene rings is 1. The Morgan fingerprint density at radius 1 is 1.42 bits per heavy atom. The van der Waals surface area contributed by atoms with Crippen LogP contribution in [0, 0.1) is 6.92 Å². The number of hydrogen-bond donors (Lipinski definition) is 1. The molecule has 0 unspecified atom stereocenters. The molecule has 1 nitrogen and oxygen atoms in total. The summed E-state index contributed by atoms with van der Waals surface area (Å²) in [6.07, 6.45) is 0. The van der Waals surface area contributed by atoms with Crippen molar-refractivity contribution in [3.63, 3.8) is 0 Å². The van der Waals surface area contributed by atoms with Crippen molar-refractivity contribution in [1.29, 1.82) is 0 Å². The predicted molar refractivity (Wildman–Crippen MR) is 53.2 cm³/mol. The molecule has 0 spiro atoms. The number of aryl methyl sites for hydroxylation is 1. The molecule has 62 valence electrons. The van der Waals surface area contributed by atoms with E-state index in [0.29, 0.717) is 5.75 Å². The van der Waals surface area contributed by atoms with E-state index in [-0.39, 0.29) is 0 Å². The first-order valence-corrected chi connectivity index (χ1v) is 4.76. The topological polar surface area (TPSA) is 20.2 Å². The monoisotopic (exact) mass is 198 g/mol. The van der Waals surface area contributed by atoms with Crippen LogP contribution < -0.4 is 0 Å². The summed E-state index contributed by atoms with van der Waals surface area (Å²) in [7, 11) is 0. The Morgan fingerprint density at radius 3 is 2.83 bits per heavy atom. The highest BCUT2D eigenvalue weighted by atomic mass is 35.5. The molecule has 0 saturated heterocycles. The number of fused-ring (bicyclic) bond motifs is 1. The van der Waals surface area contributed by atoms with Gasteiger partial charge in [-0.3, -0.25) is 0 Å². The highest BCUT2D eigenvalue weighted by Crippen LogP contribution is 2.38. The van der Waals surface area contributed by atoms with Gasteiger partial charge >= 0.3 is 0 Å². The van der Waals surface area contributed by atoms with Gasteiger partial charge in [0.25, 0.3) is 0 Å². The number of phenols is 1. The van der Waals surface area contributed by atoms with Crippen molar-refractivity contribution in [2.75, 3.05) is 0 Å². The van der Waals surface area contributed by atoms with Crippen LogP contribution in [0.4, 0.5) is 0 Å². The van der Waals surface area contributed by atoms with Crippen LogP contribution in [0.3, 0.4) is 0 Å². The molecule has 0 aliphatic carbocycles. The zero-order valence-electron chi connectivity index (χ0n) is 6.47. The van der Waals surface area contributed by atoms with E-state index < -0.39 is 0 Å². The molecule has 0 radical (unpaired) electrons. The van der Waals surface area contributed by atoms with Gasteiger partial charge < -0.3 is 5.11 Å². The quantitative estimate of drug-likeness (QED) is 0.686. The Labute approximate surface area is 79.2 Å². The molecule has 3 heteroatoms. The molecule has 1 aromatic heterocycles. The molecular formula is C9H7ClOS. The van der Waals surface area contributed by atoms with Crippen LogP contribution in [0.25, 0.3) is 10.1 Å². The van der Waals surface area contributed by atoms with E-state index in [9.17, 15) is 5.11 Å². The second-order valence-electron chi connectivity index (χ2n) is 2.63. The summed E-state index contributed by atoms with van der Waals surface area (Å²) in [5, 5.41) is 11.2. The van der Waals surface area contributed by atoms with Crippen LogP contribution in [0.5, 0.6) is 5.75 Å². The van der Waals surface area contributed by atoms with Gasteiger partial charge in [0.05, 0.1) is 9.72 Å². The highest BCUT2D eigenvalue weighted by molar-refractivity contribution is 7.20. The zero-order chi connectivity index (χ0) is 8.72. The van der Waals surface area contributed by atoms with E-state index >= 15 is 0 Å². The molecule has 0 saturated carbocycles. The van der Waals surface area contributed by atoms with Gasteiger partial charge in [0, 0.05) is 10.3 Å². The standard InChI is InChI=1S/C9H7ClOS/c1-5-8(10)6-3-2-4-7(11)9(6)12-5/h2-4,11H,1H3. The van der Waals surface area contributed by atoms with Crippen LogP contribution in [0.15, 0.2) is 18.2 Å². The summed E-state index contributed by atoms with van der Waals surface area (Å²) < 4.78 is 0.875. The Kier molecular flexibility index (Phi) is 1.74. The van der Waals surface area contributed by atoms with Gasteiger partial charge in [0.15, 0.2) is 0 Å². The Bertz CT molecular complexity index is 433. The number of aromatic hydroxyl groups is 1. The summed E-state index contributed by atoms with van der Waals surface area (Å²) in [6.45, 7) is 1.95. The van der Waals surface area contributed by atoms with Crippen molar-refractivity contribution in [1.82, 2.24) is 0 Å². The summed E-state index contributed by atoms with van der Waals surface area (Å²) in [5.41, 5.74) is 0. The van der Waals surface area contributed by atoms with Gasteiger partial charge in [-0.1, -0.05) is 23.7 Å². The minimum Gasteiger partial charge on any atom is -0.506 e. The number of rotatable bonds is 0. The predicted octanol–water partition coefficient (Wildman–Crippen LogP) is 3.57. The third-order valence-corrected chi connectivity index (χ3v) is 3.54. The maximum atomic E-state index is 9.46. The average Bonchev–Trinajstić information content (AvgIpc) is 2.32. The largest absolute Gasteiger partial charge is 0.506 e. The van der Waals surface area contributed by atoms with Gasteiger partial charge in [-0.15, -0.1) is 11.3 Å². The van der Waals surface area contributed by atoms with Crippen molar-refractivity contribution in [2.45, 2.75) is 6.92 Å². The number of halogens is 1. The molecule has 1 aromatic carbocycles. The summed E-state index contributed by atoms with van der Waals surface area (Å²) >= 11 is 7.54. The number of hydrogen-bond acceptors (Lipinski definition) is 2. The molecule has 0 bridgehead atoms. The maximum Gasteiger partial charge on any atom is 0.133 e. The minimum absolute atomic E-state index is 0.313. The van der Waals surface area contributed by atoms with Crippen molar-refractivity contribution in [3.05, 3.63) is 28.1 Å². The summed E-state index contributed by atoms with van der Waals surface area (Å²) in [4.78, 5) is 1.05. The van der Waals surface area contributed by atoms with Gasteiger partial charge in [-0.05, 0) is 13.0 Å². The molecule has 0 aliphatic rings. The fraction of sp³-hybridized carbons (Fsp3) is 0.111. The molecule has 0 atom stereocenters. The van der Waals surface area contributed by atoms with Gasteiger partial charge in [0.2, 0.25) is 0 Å². The van der Waals surface area contributed by atoms with Gasteiger partial charge in [-0.25, -0.2) is 0 Å². The van der Waals surface area contributed by atoms with E-state index in [1.165, 1.54) is 11.3 Å². The Morgan fingerprint density at radius 2 is 2.17 bits per heavy atom. The van der Waals surface area contributed by atoms with E-state index in [4.69, 9.17) is 11.6 Å². The Balaban J connectivity index is 2.95. The third kappa shape index (κ3) is 0.993. The average molecular weight is 199 g/mol. The molecule has 12 heavy (non-hydrogen) atoms. The lowest BCUT2D eigenvalue weighted by molar-refractivity contribution is 0.482. The number of benzene rings is 1. The fourth-order valence-electron chi connectivity index (χ4n) is 1.19. The lowest BCUT2D eigenvalue weighted by atomic mass is 10.2. The first-order chi connectivity index (χ1) is 5.70. The lowest BCUT2D eigenvalue weighted by Gasteiger charge is -1.92. The maximum absolute atomic E-state index is 9.46. The van der Waals surface area contributed by atoms with Crippen LogP contribution >= 0.6 is 22.9 Å². The van der Waals surface area contributed by atoms with Crippen molar-refractivity contribution in [2.24, 2.45) is 0 Å². The molecule has 0 fully saturated rings. The van der Waals surface area contributed by atoms with E-state index in [0.717, 1.165) is 20.0 Å². The summed E-state index contributed by atoms with van der Waals surface area (Å²) in [6, 6.07) is 5.39. The first-order valence-electron chi connectivity index (χ1n) is 3.56. The molecule has 1 heterocycles. The van der Waals surface area contributed by atoms with Gasteiger partial charge in [0.1, 0.15) is 5.75 Å². The number of phenolic OH excluding ortho intramolecular Hbond substituents is 1. The second-order valence-corrected chi connectivity index (χ2v) is 4.23. The molecule has 2 aromatic rings. The molecule has 2 rings (SSSR count). The highest BCUT2D eigenvalue weighted by Gasteiger charge is 2.08. The van der Waals surface area contributed by atoms with Crippen LogP contribution in [-0.2, 0) is 0 Å². The minimum atomic E-state index is 0.313. The first kappa shape index (κ1) is 7.90. The SMILES string of the molecule is Cc1sc2c(O)cccc2c1Cl. The van der Waals surface area contributed by atoms with Crippen molar-refractivity contribution >= 4 is 33.0 Å². The van der Waals surface area contributed by atoms with Gasteiger partial charge in [-0.2, -0.15) is 0 Å². The van der Waals surface area contributed by atoms with E-state index in [1.807, 2.05) is 13.0 Å². The smallest absolute Gasteiger partial charge is 0.133 e. The lowest BCUT2D eigenvalue weighted by Crippen LogP contribution is -1.65. The molecule has 0 aliphatic heterocycles. The third-order valence-electron chi connectivity index (χ3n) is 1.79. The van der Waals surface area contributed by atoms with Crippen LogP contribution in [-0.4, -0.2) is 5.11 Å². The van der Waals surface area contributed by atoms with E-state index in [1.54, 1.807) is 12.1 Å². The second kappa shape index (κ2) is 2.64. The van der Waals surface area contributed by atoms with Crippen LogP contribution in [0.1, 0.15) is 4.88 Å². The van der Waals surface area contributed by atoms with E-state index in [2.05, 4.69) is 0 Å². The molecule has 0 amide bonds. The molecular weight excluding hydrogens is 192 g/mol. The van der Waals surface area contributed by atoms with Crippen LogP contribution in [0.2, 0.25) is 5.02 Å². The summed E-state index contributed by atoms with van der Waals surface area (Å²) in [5.74, 6) is 0.313. The normalized spacial score (nSPS) is 10.8. The van der Waals surface area contributed by atoms with Crippen molar-refractivity contribution < 1.29 is 5.11 Å².